The van der Waals surface area contributed by atoms with Gasteiger partial charge in [-0.25, -0.2) is 8.42 Å². The Morgan fingerprint density at radius 2 is 2.33 bits per heavy atom. The Hall–Kier alpha value is -0.890. The average molecular weight is 346 g/mol. The van der Waals surface area contributed by atoms with Gasteiger partial charge in [-0.1, -0.05) is 0 Å². The van der Waals surface area contributed by atoms with Crippen molar-refractivity contribution in [3.63, 3.8) is 0 Å². The highest BCUT2D eigenvalue weighted by Crippen LogP contribution is 2.37. The molecule has 1 N–H and O–H groups in total. The molecule has 1 unspecified atom stereocenters. The van der Waals surface area contributed by atoms with Gasteiger partial charge in [0.05, 0.1) is 17.3 Å². The zero-order valence-electron chi connectivity index (χ0n) is 11.8. The van der Waals surface area contributed by atoms with Crippen molar-refractivity contribution in [3.05, 3.63) is 33.3 Å². The van der Waals surface area contributed by atoms with E-state index in [4.69, 9.17) is 11.6 Å². The topological polar surface area (TPSA) is 66.1 Å². The number of fused-ring (bicyclic) bond motifs is 1. The summed E-state index contributed by atoms with van der Waals surface area (Å²) in [7, 11) is -3.60. The van der Waals surface area contributed by atoms with Gasteiger partial charge in [0.1, 0.15) is 4.90 Å². The number of thiophene rings is 1. The molecule has 2 aromatic rings. The van der Waals surface area contributed by atoms with Gasteiger partial charge in [0, 0.05) is 17.5 Å². The van der Waals surface area contributed by atoms with Crippen LogP contribution < -0.4 is 0 Å². The summed E-state index contributed by atoms with van der Waals surface area (Å²) in [5, 5.41) is 8.74. The molecular formula is C13H16ClN3O2S2. The number of rotatable bonds is 3. The number of nitrogens with zero attached hydrogens (tertiary/aromatic N) is 2. The van der Waals surface area contributed by atoms with Gasteiger partial charge in [0.25, 0.3) is 0 Å². The van der Waals surface area contributed by atoms with Gasteiger partial charge in [-0.05, 0) is 37.3 Å². The molecule has 3 heterocycles. The third-order valence-corrected chi connectivity index (χ3v) is 7.30. The second-order valence-electron chi connectivity index (χ2n) is 5.10. The smallest absolute Gasteiger partial charge is 0.247 e. The van der Waals surface area contributed by atoms with E-state index in [9.17, 15) is 8.42 Å². The molecule has 0 bridgehead atoms. The lowest BCUT2D eigenvalue weighted by Crippen LogP contribution is -2.38. The number of halogens is 1. The van der Waals surface area contributed by atoms with Crippen molar-refractivity contribution >= 4 is 33.0 Å². The van der Waals surface area contributed by atoms with Crippen LogP contribution in [0.3, 0.4) is 0 Å². The van der Waals surface area contributed by atoms with Gasteiger partial charge in [0.2, 0.25) is 10.0 Å². The third-order valence-electron chi connectivity index (χ3n) is 3.88. The first kappa shape index (κ1) is 15.0. The first-order valence-corrected chi connectivity index (χ1v) is 9.50. The highest BCUT2D eigenvalue weighted by atomic mass is 35.5. The van der Waals surface area contributed by atoms with E-state index < -0.39 is 10.0 Å². The fraction of sp³-hybridized carbons (Fsp3) is 0.462. The summed E-state index contributed by atoms with van der Waals surface area (Å²) in [5.41, 5.74) is 2.02. The molecule has 1 atom stereocenters. The van der Waals surface area contributed by atoms with Crippen molar-refractivity contribution in [2.75, 3.05) is 6.54 Å². The zero-order valence-corrected chi connectivity index (χ0v) is 14.1. The molecule has 0 fully saturated rings. The van der Waals surface area contributed by atoms with Crippen LogP contribution in [0.15, 0.2) is 16.3 Å². The number of hydrogen-bond acceptors (Lipinski definition) is 4. The number of aromatic amines is 1. The molecule has 0 aromatic carbocycles. The molecule has 1 aliphatic rings. The molecular weight excluding hydrogens is 330 g/mol. The van der Waals surface area contributed by atoms with Crippen molar-refractivity contribution in [1.29, 1.82) is 0 Å². The van der Waals surface area contributed by atoms with Crippen LogP contribution in [0, 0.1) is 6.92 Å². The van der Waals surface area contributed by atoms with Crippen LogP contribution in [0.25, 0.3) is 0 Å². The Morgan fingerprint density at radius 3 is 3.05 bits per heavy atom. The Kier molecular flexibility index (Phi) is 3.85. The van der Waals surface area contributed by atoms with Gasteiger partial charge < -0.3 is 0 Å². The van der Waals surface area contributed by atoms with E-state index in [1.807, 2.05) is 18.4 Å². The lowest BCUT2D eigenvalue weighted by molar-refractivity contribution is 0.329. The molecule has 8 heteroatoms. The number of sulfonamides is 1. The number of aromatic nitrogens is 2. The monoisotopic (exact) mass is 345 g/mol. The summed E-state index contributed by atoms with van der Waals surface area (Å²) in [4.78, 5) is 1.50. The van der Waals surface area contributed by atoms with E-state index in [0.29, 0.717) is 17.9 Å². The van der Waals surface area contributed by atoms with Crippen molar-refractivity contribution < 1.29 is 8.42 Å². The van der Waals surface area contributed by atoms with E-state index in [2.05, 4.69) is 10.2 Å². The first-order valence-electron chi connectivity index (χ1n) is 6.64. The maximum Gasteiger partial charge on any atom is 0.247 e. The van der Waals surface area contributed by atoms with Gasteiger partial charge in [0.15, 0.2) is 0 Å². The largest absolute Gasteiger partial charge is 0.281 e. The van der Waals surface area contributed by atoms with Crippen molar-refractivity contribution in [2.45, 2.75) is 37.1 Å². The molecule has 0 saturated heterocycles. The molecule has 0 radical (unpaired) electrons. The molecule has 0 spiro atoms. The fourth-order valence-electron chi connectivity index (χ4n) is 2.83. The summed E-state index contributed by atoms with van der Waals surface area (Å²) in [6, 6.07) is 1.85. The van der Waals surface area contributed by atoms with Crippen molar-refractivity contribution in [3.8, 4) is 0 Å². The molecule has 114 valence electrons. The van der Waals surface area contributed by atoms with Crippen molar-refractivity contribution in [1.82, 2.24) is 14.5 Å². The van der Waals surface area contributed by atoms with Gasteiger partial charge in [-0.3, -0.25) is 5.10 Å². The van der Waals surface area contributed by atoms with Crippen molar-refractivity contribution in [2.24, 2.45) is 0 Å². The van der Waals surface area contributed by atoms with Crippen LogP contribution in [0.1, 0.15) is 34.8 Å². The number of nitrogens with one attached hydrogen (secondary N) is 1. The Bertz CT molecular complexity index is 766. The predicted octanol–water partition coefficient (Wildman–Crippen LogP) is 2.83. The zero-order chi connectivity index (χ0) is 15.2. The summed E-state index contributed by atoms with van der Waals surface area (Å²) in [6.07, 6.45) is 0.754. The number of aryl methyl sites for hydroxylation is 1. The van der Waals surface area contributed by atoms with Crippen LogP contribution in [-0.4, -0.2) is 29.5 Å². The van der Waals surface area contributed by atoms with E-state index >= 15 is 0 Å². The second kappa shape index (κ2) is 5.39. The van der Waals surface area contributed by atoms with Gasteiger partial charge >= 0.3 is 0 Å². The molecule has 0 saturated carbocycles. The van der Waals surface area contributed by atoms with E-state index in [-0.39, 0.29) is 16.8 Å². The third kappa shape index (κ3) is 2.32. The highest BCUT2D eigenvalue weighted by molar-refractivity contribution is 7.89. The summed E-state index contributed by atoms with van der Waals surface area (Å²) < 4.78 is 27.6. The van der Waals surface area contributed by atoms with Crippen LogP contribution in [0.2, 0.25) is 0 Å². The fourth-order valence-corrected chi connectivity index (χ4v) is 6.01. The molecule has 21 heavy (non-hydrogen) atoms. The van der Waals surface area contributed by atoms with E-state index in [0.717, 1.165) is 12.0 Å². The standard InChI is InChI=1S/C13H16ClN3O2S2/c1-8-13(11(7-14)16-15-8)21(18,19)17-5-3-12-10(9(17)2)4-6-20-12/h4,6,9H,3,5,7H2,1-2H3,(H,15,16). The summed E-state index contributed by atoms with van der Waals surface area (Å²) in [5.74, 6) is 0.0742. The Labute approximate surface area is 133 Å². The minimum absolute atomic E-state index is 0.0742. The van der Waals surface area contributed by atoms with E-state index in [1.165, 1.54) is 4.88 Å². The Morgan fingerprint density at radius 1 is 1.57 bits per heavy atom. The van der Waals surface area contributed by atoms with Crippen LogP contribution in [0.4, 0.5) is 0 Å². The molecule has 2 aromatic heterocycles. The highest BCUT2D eigenvalue weighted by Gasteiger charge is 2.37. The van der Waals surface area contributed by atoms with Crippen LogP contribution >= 0.6 is 22.9 Å². The second-order valence-corrected chi connectivity index (χ2v) is 8.19. The maximum absolute atomic E-state index is 13.0. The lowest BCUT2D eigenvalue weighted by Gasteiger charge is -2.32. The predicted molar refractivity (Wildman–Crippen MR) is 83.2 cm³/mol. The molecule has 0 aliphatic carbocycles. The number of alkyl halides is 1. The summed E-state index contributed by atoms with van der Waals surface area (Å²) >= 11 is 7.52. The van der Waals surface area contributed by atoms with Crippen LogP contribution in [-0.2, 0) is 22.3 Å². The van der Waals surface area contributed by atoms with Crippen LogP contribution in [0.5, 0.6) is 0 Å². The van der Waals surface area contributed by atoms with Gasteiger partial charge in [-0.2, -0.15) is 9.40 Å². The minimum Gasteiger partial charge on any atom is -0.281 e. The maximum atomic E-state index is 13.0. The number of H-pyrrole nitrogens is 1. The quantitative estimate of drug-likeness (QED) is 0.870. The SMILES string of the molecule is Cc1[nH]nc(CCl)c1S(=O)(=O)N1CCc2sccc2C1C. The molecule has 3 rings (SSSR count). The Balaban J connectivity index is 2.06. The molecule has 1 aliphatic heterocycles. The molecule has 5 nitrogen and oxygen atoms in total. The first-order chi connectivity index (χ1) is 9.96. The average Bonchev–Trinajstić information content (AvgIpc) is 3.05. The van der Waals surface area contributed by atoms with E-state index in [1.54, 1.807) is 22.6 Å². The lowest BCUT2D eigenvalue weighted by atomic mass is 10.0. The minimum atomic E-state index is -3.60. The normalized spacial score (nSPS) is 19.7. The summed E-state index contributed by atoms with van der Waals surface area (Å²) in [6.45, 7) is 4.13. The molecule has 0 amide bonds. The number of hydrogen-bond donors (Lipinski definition) is 1. The van der Waals surface area contributed by atoms with Gasteiger partial charge in [-0.15, -0.1) is 22.9 Å².